The molecule has 0 fully saturated rings. The number of rotatable bonds is 4. The molecule has 2 aromatic carbocycles. The largest absolute Gasteiger partial charge is 0.489 e. The third-order valence-corrected chi connectivity index (χ3v) is 3.52. The Kier molecular flexibility index (Phi) is 3.84. The third-order valence-electron chi connectivity index (χ3n) is 3.52. The van der Waals surface area contributed by atoms with Gasteiger partial charge in [-0.1, -0.05) is 30.3 Å². The van der Waals surface area contributed by atoms with Crippen LogP contribution < -0.4 is 10.5 Å². The van der Waals surface area contributed by atoms with Crippen LogP contribution in [0, 0.1) is 0 Å². The molecule has 0 aliphatic carbocycles. The lowest BCUT2D eigenvalue weighted by Gasteiger charge is -2.11. The predicted octanol–water partition coefficient (Wildman–Crippen LogP) is 3.83. The maximum Gasteiger partial charge on any atom is 0.120 e. The molecule has 21 heavy (non-hydrogen) atoms. The molecule has 0 amide bonds. The SMILES string of the molecule is CC(N)c1cccc(OCc2ccnc3ccccc23)c1. The van der Waals surface area contributed by atoms with Crippen LogP contribution in [0.1, 0.15) is 24.1 Å². The smallest absolute Gasteiger partial charge is 0.120 e. The van der Waals surface area contributed by atoms with E-state index in [4.69, 9.17) is 10.5 Å². The fourth-order valence-corrected chi connectivity index (χ4v) is 2.33. The molecule has 1 unspecified atom stereocenters. The standard InChI is InChI=1S/C18H18N2O/c1-13(19)14-5-4-6-16(11-14)21-12-15-9-10-20-18-8-3-2-7-17(15)18/h2-11,13H,12,19H2,1H3. The molecule has 1 heterocycles. The Hall–Kier alpha value is -2.39. The summed E-state index contributed by atoms with van der Waals surface area (Å²) < 4.78 is 5.91. The first-order valence-corrected chi connectivity index (χ1v) is 7.05. The molecular formula is C18H18N2O. The predicted molar refractivity (Wildman–Crippen MR) is 85.1 cm³/mol. The Morgan fingerprint density at radius 3 is 2.81 bits per heavy atom. The molecule has 3 heteroatoms. The van der Waals surface area contributed by atoms with Gasteiger partial charge >= 0.3 is 0 Å². The van der Waals surface area contributed by atoms with Crippen LogP contribution in [0.25, 0.3) is 10.9 Å². The summed E-state index contributed by atoms with van der Waals surface area (Å²) in [5.74, 6) is 0.839. The number of nitrogens with zero attached hydrogens (tertiary/aromatic N) is 1. The number of pyridine rings is 1. The fraction of sp³-hybridized carbons (Fsp3) is 0.167. The number of fused-ring (bicyclic) bond motifs is 1. The Morgan fingerprint density at radius 2 is 1.95 bits per heavy atom. The van der Waals surface area contributed by atoms with E-state index in [0.717, 1.165) is 27.8 Å². The van der Waals surface area contributed by atoms with Crippen molar-refractivity contribution < 1.29 is 4.74 Å². The van der Waals surface area contributed by atoms with E-state index in [1.165, 1.54) is 0 Å². The molecule has 3 rings (SSSR count). The maximum atomic E-state index is 5.91. The van der Waals surface area contributed by atoms with Crippen molar-refractivity contribution in [1.82, 2.24) is 4.98 Å². The van der Waals surface area contributed by atoms with Crippen molar-refractivity contribution in [2.24, 2.45) is 5.73 Å². The highest BCUT2D eigenvalue weighted by Gasteiger charge is 2.04. The second kappa shape index (κ2) is 5.94. The van der Waals surface area contributed by atoms with Crippen LogP contribution in [0.2, 0.25) is 0 Å². The number of aromatic nitrogens is 1. The van der Waals surface area contributed by atoms with E-state index >= 15 is 0 Å². The number of benzene rings is 2. The van der Waals surface area contributed by atoms with E-state index in [9.17, 15) is 0 Å². The first-order valence-electron chi connectivity index (χ1n) is 7.05. The monoisotopic (exact) mass is 278 g/mol. The summed E-state index contributed by atoms with van der Waals surface area (Å²) in [7, 11) is 0. The minimum atomic E-state index is 0.00954. The number of hydrogen-bond donors (Lipinski definition) is 1. The van der Waals surface area contributed by atoms with Gasteiger partial charge in [-0.3, -0.25) is 4.98 Å². The van der Waals surface area contributed by atoms with Gasteiger partial charge in [-0.25, -0.2) is 0 Å². The van der Waals surface area contributed by atoms with Crippen LogP contribution in [0.15, 0.2) is 60.8 Å². The molecule has 0 aliphatic rings. The Bertz CT molecular complexity index is 748. The average molecular weight is 278 g/mol. The van der Waals surface area contributed by atoms with Gasteiger partial charge in [-0.2, -0.15) is 0 Å². The zero-order chi connectivity index (χ0) is 14.7. The van der Waals surface area contributed by atoms with E-state index in [-0.39, 0.29) is 6.04 Å². The van der Waals surface area contributed by atoms with Gasteiger partial charge in [-0.15, -0.1) is 0 Å². The van der Waals surface area contributed by atoms with E-state index < -0.39 is 0 Å². The fourth-order valence-electron chi connectivity index (χ4n) is 2.33. The summed E-state index contributed by atoms with van der Waals surface area (Å²) in [6.07, 6.45) is 1.82. The lowest BCUT2D eigenvalue weighted by molar-refractivity contribution is 0.307. The second-order valence-electron chi connectivity index (χ2n) is 5.14. The number of ether oxygens (including phenoxy) is 1. The Balaban J connectivity index is 1.82. The van der Waals surface area contributed by atoms with Crippen LogP contribution in [0.5, 0.6) is 5.75 Å². The van der Waals surface area contributed by atoms with Crippen molar-refractivity contribution in [1.29, 1.82) is 0 Å². The zero-order valence-electron chi connectivity index (χ0n) is 12.0. The van der Waals surface area contributed by atoms with Crippen LogP contribution in [0.4, 0.5) is 0 Å². The molecule has 2 N–H and O–H groups in total. The van der Waals surface area contributed by atoms with Crippen LogP contribution in [0.3, 0.4) is 0 Å². The van der Waals surface area contributed by atoms with Gasteiger partial charge in [0, 0.05) is 23.2 Å². The van der Waals surface area contributed by atoms with Gasteiger partial charge in [0.15, 0.2) is 0 Å². The van der Waals surface area contributed by atoms with Crippen LogP contribution in [-0.4, -0.2) is 4.98 Å². The van der Waals surface area contributed by atoms with Crippen molar-refractivity contribution in [3.8, 4) is 5.75 Å². The molecule has 0 radical (unpaired) electrons. The molecule has 3 aromatic rings. The van der Waals surface area contributed by atoms with Gasteiger partial charge in [0.25, 0.3) is 0 Å². The van der Waals surface area contributed by atoms with Crippen molar-refractivity contribution in [3.63, 3.8) is 0 Å². The molecular weight excluding hydrogens is 260 g/mol. The average Bonchev–Trinajstić information content (AvgIpc) is 2.53. The third kappa shape index (κ3) is 3.03. The number of nitrogens with two attached hydrogens (primary N) is 1. The topological polar surface area (TPSA) is 48.1 Å². The molecule has 3 nitrogen and oxygen atoms in total. The molecule has 0 spiro atoms. The second-order valence-corrected chi connectivity index (χ2v) is 5.14. The van der Waals surface area contributed by atoms with Gasteiger partial charge in [-0.05, 0) is 36.8 Å². The van der Waals surface area contributed by atoms with E-state index in [1.54, 1.807) is 0 Å². The Labute approximate surface area is 124 Å². The Morgan fingerprint density at radius 1 is 1.10 bits per heavy atom. The van der Waals surface area contributed by atoms with E-state index in [2.05, 4.69) is 11.1 Å². The molecule has 1 atom stereocenters. The lowest BCUT2D eigenvalue weighted by atomic mass is 10.1. The molecule has 106 valence electrons. The summed E-state index contributed by atoms with van der Waals surface area (Å²) in [6.45, 7) is 2.49. The van der Waals surface area contributed by atoms with Crippen molar-refractivity contribution in [3.05, 3.63) is 71.9 Å². The highest BCUT2D eigenvalue weighted by atomic mass is 16.5. The summed E-state index contributed by atoms with van der Waals surface area (Å²) in [5.41, 5.74) is 9.10. The lowest BCUT2D eigenvalue weighted by Crippen LogP contribution is -2.05. The van der Waals surface area contributed by atoms with E-state index in [0.29, 0.717) is 6.61 Å². The zero-order valence-corrected chi connectivity index (χ0v) is 12.0. The molecule has 0 bridgehead atoms. The minimum absolute atomic E-state index is 0.00954. The van der Waals surface area contributed by atoms with Crippen LogP contribution in [-0.2, 0) is 6.61 Å². The quantitative estimate of drug-likeness (QED) is 0.789. The van der Waals surface area contributed by atoms with Gasteiger partial charge < -0.3 is 10.5 Å². The van der Waals surface area contributed by atoms with Crippen LogP contribution >= 0.6 is 0 Å². The van der Waals surface area contributed by atoms with Crippen molar-refractivity contribution >= 4 is 10.9 Å². The molecule has 0 aliphatic heterocycles. The maximum absolute atomic E-state index is 5.91. The molecule has 1 aromatic heterocycles. The summed E-state index contributed by atoms with van der Waals surface area (Å²) in [5, 5.41) is 1.13. The number of para-hydroxylation sites is 1. The summed E-state index contributed by atoms with van der Waals surface area (Å²) in [4.78, 5) is 4.36. The first kappa shape index (κ1) is 13.6. The van der Waals surface area contributed by atoms with Gasteiger partial charge in [0.2, 0.25) is 0 Å². The van der Waals surface area contributed by atoms with E-state index in [1.807, 2.05) is 61.7 Å². The normalized spacial score (nSPS) is 12.3. The summed E-state index contributed by atoms with van der Waals surface area (Å²) in [6, 6.07) is 18.0. The minimum Gasteiger partial charge on any atom is -0.489 e. The highest BCUT2D eigenvalue weighted by molar-refractivity contribution is 5.81. The van der Waals surface area contributed by atoms with Gasteiger partial charge in [0.1, 0.15) is 12.4 Å². The van der Waals surface area contributed by atoms with Crippen molar-refractivity contribution in [2.75, 3.05) is 0 Å². The molecule has 0 saturated heterocycles. The van der Waals surface area contributed by atoms with Gasteiger partial charge in [0.05, 0.1) is 5.52 Å². The number of hydrogen-bond acceptors (Lipinski definition) is 3. The summed E-state index contributed by atoms with van der Waals surface area (Å²) >= 11 is 0. The van der Waals surface area contributed by atoms with Crippen molar-refractivity contribution in [2.45, 2.75) is 19.6 Å². The molecule has 0 saturated carbocycles. The highest BCUT2D eigenvalue weighted by Crippen LogP contribution is 2.21. The first-order chi connectivity index (χ1) is 10.2.